The highest BCUT2D eigenvalue weighted by molar-refractivity contribution is 7.98. The maximum Gasteiger partial charge on any atom is 0.317 e. The summed E-state index contributed by atoms with van der Waals surface area (Å²) < 4.78 is 6.21. The molecule has 2 aromatic rings. The van der Waals surface area contributed by atoms with Crippen LogP contribution < -0.4 is 5.73 Å². The number of anilines is 1. The molecule has 0 aliphatic heterocycles. The minimum absolute atomic E-state index is 0.185. The molecule has 0 atom stereocenters. The molecule has 0 bridgehead atoms. The Hall–Kier alpha value is -1.76. The van der Waals surface area contributed by atoms with E-state index in [9.17, 15) is 4.79 Å². The Bertz CT molecular complexity index is 540. The molecule has 1 heterocycles. The highest BCUT2D eigenvalue weighted by Crippen LogP contribution is 2.15. The zero-order valence-corrected chi connectivity index (χ0v) is 10.1. The second kappa shape index (κ2) is 5.05. The molecule has 2 rings (SSSR count). The van der Waals surface area contributed by atoms with Crippen LogP contribution in [0.5, 0.6) is 0 Å². The molecule has 2 N–H and O–H groups in total. The molecular formula is C10H12N4O2S. The normalized spacial score (nSPS) is 10.6. The summed E-state index contributed by atoms with van der Waals surface area (Å²) in [6.07, 6.45) is 0. The molecule has 90 valence electrons. The maximum absolute atomic E-state index is 11.2. The highest BCUT2D eigenvalue weighted by atomic mass is 32.2. The summed E-state index contributed by atoms with van der Waals surface area (Å²) in [6, 6.07) is 5.29. The highest BCUT2D eigenvalue weighted by Gasteiger charge is 2.07. The fourth-order valence-electron chi connectivity index (χ4n) is 1.28. The van der Waals surface area contributed by atoms with Crippen molar-refractivity contribution in [3.05, 3.63) is 18.2 Å². The zero-order chi connectivity index (χ0) is 12.3. The van der Waals surface area contributed by atoms with Gasteiger partial charge in [0.2, 0.25) is 0 Å². The van der Waals surface area contributed by atoms with Gasteiger partial charge in [-0.3, -0.25) is 4.79 Å². The lowest BCUT2D eigenvalue weighted by atomic mass is 10.3. The first kappa shape index (κ1) is 11.7. The van der Waals surface area contributed by atoms with Gasteiger partial charge in [-0.05, 0) is 25.1 Å². The van der Waals surface area contributed by atoms with E-state index in [0.29, 0.717) is 17.8 Å². The third-order valence-electron chi connectivity index (χ3n) is 1.99. The molecule has 0 fully saturated rings. The van der Waals surface area contributed by atoms with Crippen molar-refractivity contribution in [1.82, 2.24) is 14.4 Å². The van der Waals surface area contributed by atoms with Gasteiger partial charge in [0.05, 0.1) is 6.61 Å². The quantitative estimate of drug-likeness (QED) is 0.647. The first-order valence-electron chi connectivity index (χ1n) is 5.10. The Morgan fingerprint density at radius 1 is 1.47 bits per heavy atom. The third-order valence-corrected chi connectivity index (χ3v) is 2.75. The Balaban J connectivity index is 2.07. The number of esters is 1. The average molecular weight is 252 g/mol. The minimum atomic E-state index is -0.279. The van der Waals surface area contributed by atoms with Crippen molar-refractivity contribution in [2.75, 3.05) is 18.1 Å². The Labute approximate surface area is 102 Å². The Morgan fingerprint density at radius 2 is 2.24 bits per heavy atom. The predicted molar refractivity (Wildman–Crippen MR) is 66.4 cm³/mol. The summed E-state index contributed by atoms with van der Waals surface area (Å²) in [4.78, 5) is 11.2. The van der Waals surface area contributed by atoms with E-state index in [1.165, 1.54) is 16.1 Å². The molecule has 0 unspecified atom stereocenters. The standard InChI is InChI=1S/C10H12N4O2S/c1-2-16-10(15)6-17-14-12-8-4-3-7(11)5-9(8)13-14/h3-5H,2,6,11H2,1H3. The maximum atomic E-state index is 11.2. The first-order chi connectivity index (χ1) is 8.19. The lowest BCUT2D eigenvalue weighted by molar-refractivity contribution is -0.139. The van der Waals surface area contributed by atoms with Crippen LogP contribution in [0.25, 0.3) is 11.0 Å². The largest absolute Gasteiger partial charge is 0.465 e. The van der Waals surface area contributed by atoms with Crippen molar-refractivity contribution in [1.29, 1.82) is 0 Å². The van der Waals surface area contributed by atoms with Crippen LogP contribution in [0.2, 0.25) is 0 Å². The molecule has 17 heavy (non-hydrogen) atoms. The van der Waals surface area contributed by atoms with Crippen molar-refractivity contribution in [3.8, 4) is 0 Å². The van der Waals surface area contributed by atoms with Gasteiger partial charge in [-0.25, -0.2) is 0 Å². The van der Waals surface area contributed by atoms with Gasteiger partial charge in [-0.2, -0.15) is 0 Å². The predicted octanol–water partition coefficient (Wildman–Crippen LogP) is 1.07. The Morgan fingerprint density at radius 3 is 3.00 bits per heavy atom. The summed E-state index contributed by atoms with van der Waals surface area (Å²) in [5.74, 6) is -0.0945. The lowest BCUT2D eigenvalue weighted by Gasteiger charge is -1.99. The van der Waals surface area contributed by atoms with Crippen LogP contribution in [0.15, 0.2) is 18.2 Å². The number of hydrogen-bond donors (Lipinski definition) is 1. The summed E-state index contributed by atoms with van der Waals surface area (Å²) in [6.45, 7) is 2.15. The fraction of sp³-hybridized carbons (Fsp3) is 0.300. The van der Waals surface area contributed by atoms with Gasteiger partial charge in [0.25, 0.3) is 0 Å². The Kier molecular flexibility index (Phi) is 3.48. The van der Waals surface area contributed by atoms with Crippen LogP contribution in [0.4, 0.5) is 5.69 Å². The monoisotopic (exact) mass is 252 g/mol. The lowest BCUT2D eigenvalue weighted by Crippen LogP contribution is -2.09. The number of carbonyl (C=O) groups excluding carboxylic acids is 1. The van der Waals surface area contributed by atoms with E-state index < -0.39 is 0 Å². The molecule has 0 spiro atoms. The van der Waals surface area contributed by atoms with Gasteiger partial charge in [-0.1, -0.05) is 0 Å². The molecule has 0 aliphatic carbocycles. The number of nitrogen functional groups attached to an aromatic ring is 1. The molecule has 0 saturated carbocycles. The second-order valence-electron chi connectivity index (χ2n) is 3.28. The number of ether oxygens (including phenoxy) is 1. The van der Waals surface area contributed by atoms with E-state index >= 15 is 0 Å². The zero-order valence-electron chi connectivity index (χ0n) is 9.29. The van der Waals surface area contributed by atoms with Gasteiger partial charge in [-0.15, -0.1) is 14.4 Å². The van der Waals surface area contributed by atoms with Gasteiger partial charge in [0, 0.05) is 17.6 Å². The second-order valence-corrected chi connectivity index (χ2v) is 4.15. The minimum Gasteiger partial charge on any atom is -0.465 e. The van der Waals surface area contributed by atoms with Crippen LogP contribution in [-0.4, -0.2) is 32.7 Å². The summed E-state index contributed by atoms with van der Waals surface area (Å²) >= 11 is 1.18. The molecule has 0 aliphatic rings. The molecule has 1 aromatic heterocycles. The van der Waals surface area contributed by atoms with E-state index in [-0.39, 0.29) is 11.7 Å². The molecular weight excluding hydrogens is 240 g/mol. The molecule has 0 saturated heterocycles. The molecule has 7 heteroatoms. The number of nitrogens with zero attached hydrogens (tertiary/aromatic N) is 3. The number of hydrogen-bond acceptors (Lipinski definition) is 6. The smallest absolute Gasteiger partial charge is 0.317 e. The van der Waals surface area contributed by atoms with Gasteiger partial charge < -0.3 is 10.5 Å². The van der Waals surface area contributed by atoms with E-state index in [1.807, 2.05) is 0 Å². The van der Waals surface area contributed by atoms with Gasteiger partial charge in [0.1, 0.15) is 16.8 Å². The number of rotatable bonds is 4. The van der Waals surface area contributed by atoms with Crippen LogP contribution in [0.3, 0.4) is 0 Å². The number of carbonyl (C=O) groups is 1. The van der Waals surface area contributed by atoms with Gasteiger partial charge in [0.15, 0.2) is 0 Å². The first-order valence-corrected chi connectivity index (χ1v) is 6.05. The molecule has 1 aromatic carbocycles. The van der Waals surface area contributed by atoms with Crippen LogP contribution >= 0.6 is 11.9 Å². The molecule has 6 nitrogen and oxygen atoms in total. The number of nitrogens with two attached hydrogens (primary N) is 1. The van der Waals surface area contributed by atoms with Crippen molar-refractivity contribution in [2.24, 2.45) is 0 Å². The van der Waals surface area contributed by atoms with Crippen LogP contribution in [0.1, 0.15) is 6.92 Å². The molecule has 0 amide bonds. The van der Waals surface area contributed by atoms with Crippen LogP contribution in [-0.2, 0) is 9.53 Å². The van der Waals surface area contributed by atoms with Crippen molar-refractivity contribution in [2.45, 2.75) is 6.92 Å². The van der Waals surface area contributed by atoms with E-state index in [0.717, 1.165) is 5.52 Å². The topological polar surface area (TPSA) is 83.0 Å². The summed E-state index contributed by atoms with van der Waals surface area (Å²) in [5, 5.41) is 8.38. The van der Waals surface area contributed by atoms with Crippen molar-refractivity contribution < 1.29 is 9.53 Å². The van der Waals surface area contributed by atoms with Crippen LogP contribution in [0, 0.1) is 0 Å². The fourth-order valence-corrected chi connectivity index (χ4v) is 1.88. The van der Waals surface area contributed by atoms with Crippen molar-refractivity contribution >= 4 is 34.6 Å². The summed E-state index contributed by atoms with van der Waals surface area (Å²) in [5.41, 5.74) is 7.73. The average Bonchev–Trinajstić information content (AvgIpc) is 2.68. The SMILES string of the molecule is CCOC(=O)CSn1nc2ccc(N)cc2n1. The van der Waals surface area contributed by atoms with E-state index in [1.54, 1.807) is 25.1 Å². The van der Waals surface area contributed by atoms with Crippen molar-refractivity contribution in [3.63, 3.8) is 0 Å². The number of aromatic nitrogens is 3. The summed E-state index contributed by atoms with van der Waals surface area (Å²) in [7, 11) is 0. The number of benzene rings is 1. The third kappa shape index (κ3) is 2.88. The number of fused-ring (bicyclic) bond motifs is 1. The van der Waals surface area contributed by atoms with E-state index in [2.05, 4.69) is 10.2 Å². The van der Waals surface area contributed by atoms with Gasteiger partial charge >= 0.3 is 5.97 Å². The molecule has 0 radical (unpaired) electrons. The van der Waals surface area contributed by atoms with E-state index in [4.69, 9.17) is 10.5 Å².